The highest BCUT2D eigenvalue weighted by atomic mass is 35.5. The molecule has 23 heavy (non-hydrogen) atoms. The molecule has 0 aromatic heterocycles. The summed E-state index contributed by atoms with van der Waals surface area (Å²) in [5, 5.41) is 17.1. The molecule has 0 aliphatic carbocycles. The highest BCUT2D eigenvalue weighted by molar-refractivity contribution is 6.33. The van der Waals surface area contributed by atoms with Crippen molar-refractivity contribution in [3.8, 4) is 5.75 Å². The van der Waals surface area contributed by atoms with Crippen molar-refractivity contribution in [1.29, 1.82) is 0 Å². The molecule has 0 amide bonds. The number of rotatable bonds is 2. The van der Waals surface area contributed by atoms with E-state index in [0.717, 1.165) is 23.4 Å². The number of benzene rings is 2. The van der Waals surface area contributed by atoms with E-state index in [-0.39, 0.29) is 17.2 Å². The van der Waals surface area contributed by atoms with Crippen LogP contribution in [0.5, 0.6) is 5.75 Å². The van der Waals surface area contributed by atoms with E-state index in [2.05, 4.69) is 20.8 Å². The lowest BCUT2D eigenvalue weighted by Gasteiger charge is -2.25. The van der Waals surface area contributed by atoms with E-state index in [0.29, 0.717) is 5.02 Å². The van der Waals surface area contributed by atoms with Crippen LogP contribution in [0.3, 0.4) is 0 Å². The standard InChI is InChI=1S/C19H21ClN2O/c1-19(2,3)18-12-17(13-8-10-14(23)11-9-13)22(21-18)16-7-5-4-6-15(16)20/h4-11,17,23H,12H2,1-3H3. The molecule has 0 saturated heterocycles. The van der Waals surface area contributed by atoms with Gasteiger partial charge in [-0.15, -0.1) is 0 Å². The Kier molecular flexibility index (Phi) is 4.07. The Labute approximate surface area is 142 Å². The predicted molar refractivity (Wildman–Crippen MR) is 96.3 cm³/mol. The van der Waals surface area contributed by atoms with Crippen molar-refractivity contribution in [1.82, 2.24) is 0 Å². The number of anilines is 1. The van der Waals surface area contributed by atoms with E-state index in [1.807, 2.05) is 41.4 Å². The van der Waals surface area contributed by atoms with Gasteiger partial charge in [-0.1, -0.05) is 56.6 Å². The van der Waals surface area contributed by atoms with Crippen LogP contribution in [0.15, 0.2) is 53.6 Å². The third-order valence-electron chi connectivity index (χ3n) is 4.15. The largest absolute Gasteiger partial charge is 0.508 e. The molecule has 0 radical (unpaired) electrons. The van der Waals surface area contributed by atoms with E-state index < -0.39 is 0 Å². The lowest BCUT2D eigenvalue weighted by molar-refractivity contribution is 0.475. The summed E-state index contributed by atoms with van der Waals surface area (Å²) in [5.41, 5.74) is 3.18. The zero-order chi connectivity index (χ0) is 16.6. The van der Waals surface area contributed by atoms with Gasteiger partial charge in [-0.25, -0.2) is 0 Å². The van der Waals surface area contributed by atoms with E-state index in [1.165, 1.54) is 0 Å². The quantitative estimate of drug-likeness (QED) is 0.801. The molecule has 0 spiro atoms. The van der Waals surface area contributed by atoms with Gasteiger partial charge in [-0.3, -0.25) is 5.01 Å². The van der Waals surface area contributed by atoms with E-state index in [1.54, 1.807) is 12.1 Å². The fourth-order valence-electron chi connectivity index (χ4n) is 2.78. The molecule has 1 atom stereocenters. The average Bonchev–Trinajstić information content (AvgIpc) is 2.93. The Bertz CT molecular complexity index is 732. The van der Waals surface area contributed by atoms with Crippen molar-refractivity contribution in [3.05, 3.63) is 59.1 Å². The topological polar surface area (TPSA) is 35.8 Å². The minimum atomic E-state index is 0.00513. The Morgan fingerprint density at radius 3 is 2.35 bits per heavy atom. The Morgan fingerprint density at radius 2 is 1.74 bits per heavy atom. The Morgan fingerprint density at radius 1 is 1.09 bits per heavy atom. The number of nitrogens with zero attached hydrogens (tertiary/aromatic N) is 2. The van der Waals surface area contributed by atoms with Crippen molar-refractivity contribution in [3.63, 3.8) is 0 Å². The van der Waals surface area contributed by atoms with Crippen molar-refractivity contribution in [2.24, 2.45) is 10.5 Å². The summed E-state index contributed by atoms with van der Waals surface area (Å²) in [6.45, 7) is 6.53. The second kappa shape index (κ2) is 5.89. The fourth-order valence-corrected chi connectivity index (χ4v) is 3.00. The lowest BCUT2D eigenvalue weighted by Crippen LogP contribution is -2.19. The molecule has 4 heteroatoms. The van der Waals surface area contributed by atoms with Crippen LogP contribution in [0.25, 0.3) is 0 Å². The maximum Gasteiger partial charge on any atom is 0.115 e. The second-order valence-electron chi connectivity index (χ2n) is 6.90. The molecular formula is C19H21ClN2O. The maximum absolute atomic E-state index is 9.54. The van der Waals surface area contributed by atoms with Gasteiger partial charge >= 0.3 is 0 Å². The molecule has 2 aromatic rings. The SMILES string of the molecule is CC(C)(C)C1=NN(c2ccccc2Cl)C(c2ccc(O)cc2)C1. The summed E-state index contributed by atoms with van der Waals surface area (Å²) in [5.74, 6) is 0.271. The van der Waals surface area contributed by atoms with Gasteiger partial charge in [-0.05, 0) is 29.8 Å². The summed E-state index contributed by atoms with van der Waals surface area (Å²) >= 11 is 6.39. The highest BCUT2D eigenvalue weighted by Crippen LogP contribution is 2.41. The molecule has 1 aliphatic rings. The molecule has 1 N–H and O–H groups in total. The zero-order valence-electron chi connectivity index (χ0n) is 13.6. The number of hydrazone groups is 1. The average molecular weight is 329 g/mol. The Hall–Kier alpha value is -2.00. The molecule has 3 rings (SSSR count). The first-order chi connectivity index (χ1) is 10.9. The van der Waals surface area contributed by atoms with Crippen molar-refractivity contribution >= 4 is 23.0 Å². The molecule has 1 aliphatic heterocycles. The van der Waals surface area contributed by atoms with Crippen molar-refractivity contribution in [2.45, 2.75) is 33.2 Å². The minimum Gasteiger partial charge on any atom is -0.508 e. The second-order valence-corrected chi connectivity index (χ2v) is 7.31. The van der Waals surface area contributed by atoms with Crippen molar-refractivity contribution < 1.29 is 5.11 Å². The molecule has 0 fully saturated rings. The minimum absolute atomic E-state index is 0.00513. The lowest BCUT2D eigenvalue weighted by atomic mass is 9.86. The third kappa shape index (κ3) is 3.20. The molecule has 0 saturated carbocycles. The number of para-hydroxylation sites is 1. The molecule has 3 nitrogen and oxygen atoms in total. The number of hydrogen-bond acceptors (Lipinski definition) is 3. The van der Waals surface area contributed by atoms with Gasteiger partial charge in [-0.2, -0.15) is 5.10 Å². The number of phenols is 1. The van der Waals surface area contributed by atoms with Gasteiger partial charge in [0.05, 0.1) is 16.8 Å². The van der Waals surface area contributed by atoms with E-state index in [4.69, 9.17) is 16.7 Å². The monoisotopic (exact) mass is 328 g/mol. The fraction of sp³-hybridized carbons (Fsp3) is 0.316. The van der Waals surface area contributed by atoms with Crippen LogP contribution in [0.1, 0.15) is 38.8 Å². The van der Waals surface area contributed by atoms with Crippen LogP contribution in [0, 0.1) is 5.41 Å². The van der Waals surface area contributed by atoms with Crippen LogP contribution in [-0.2, 0) is 0 Å². The van der Waals surface area contributed by atoms with Gasteiger partial charge in [0.1, 0.15) is 5.75 Å². The first-order valence-corrected chi connectivity index (χ1v) is 8.15. The van der Waals surface area contributed by atoms with Crippen LogP contribution in [0.4, 0.5) is 5.69 Å². The van der Waals surface area contributed by atoms with Crippen LogP contribution in [-0.4, -0.2) is 10.8 Å². The summed E-state index contributed by atoms with van der Waals surface area (Å²) in [4.78, 5) is 0. The van der Waals surface area contributed by atoms with Crippen LogP contribution < -0.4 is 5.01 Å². The smallest absolute Gasteiger partial charge is 0.115 e. The number of hydrogen-bond donors (Lipinski definition) is 1. The normalized spacial score (nSPS) is 18.2. The first kappa shape index (κ1) is 15.9. The predicted octanol–water partition coefficient (Wildman–Crippen LogP) is 5.40. The summed E-state index contributed by atoms with van der Waals surface area (Å²) in [6, 6.07) is 15.2. The van der Waals surface area contributed by atoms with Gasteiger partial charge in [0.2, 0.25) is 0 Å². The molecule has 1 heterocycles. The summed E-state index contributed by atoms with van der Waals surface area (Å²) < 4.78 is 0. The van der Waals surface area contributed by atoms with E-state index >= 15 is 0 Å². The van der Waals surface area contributed by atoms with E-state index in [9.17, 15) is 5.11 Å². The maximum atomic E-state index is 9.54. The van der Waals surface area contributed by atoms with Crippen LogP contribution in [0.2, 0.25) is 5.02 Å². The zero-order valence-corrected chi connectivity index (χ0v) is 14.4. The summed E-state index contributed by atoms with van der Waals surface area (Å²) in [7, 11) is 0. The highest BCUT2D eigenvalue weighted by Gasteiger charge is 2.34. The molecular weight excluding hydrogens is 308 g/mol. The van der Waals surface area contributed by atoms with Gasteiger partial charge in [0, 0.05) is 17.5 Å². The number of aromatic hydroxyl groups is 1. The van der Waals surface area contributed by atoms with Crippen LogP contribution >= 0.6 is 11.6 Å². The molecule has 1 unspecified atom stereocenters. The third-order valence-corrected chi connectivity index (χ3v) is 4.47. The van der Waals surface area contributed by atoms with Gasteiger partial charge < -0.3 is 5.11 Å². The van der Waals surface area contributed by atoms with Gasteiger partial charge in [0.15, 0.2) is 0 Å². The number of halogens is 1. The molecule has 120 valence electrons. The van der Waals surface area contributed by atoms with Crippen molar-refractivity contribution in [2.75, 3.05) is 5.01 Å². The molecule has 2 aromatic carbocycles. The summed E-state index contributed by atoms with van der Waals surface area (Å²) in [6.07, 6.45) is 0.847. The number of phenolic OH excluding ortho intramolecular Hbond substituents is 1. The first-order valence-electron chi connectivity index (χ1n) is 7.77. The van der Waals surface area contributed by atoms with Gasteiger partial charge in [0.25, 0.3) is 0 Å². The molecule has 0 bridgehead atoms. The Balaban J connectivity index is 2.04.